The lowest BCUT2D eigenvalue weighted by molar-refractivity contribution is 0.0730. The summed E-state index contributed by atoms with van der Waals surface area (Å²) >= 11 is 12.2. The molecular weight excluding hydrogens is 389 g/mol. The summed E-state index contributed by atoms with van der Waals surface area (Å²) in [6.45, 7) is 1.07. The molecule has 1 aromatic heterocycles. The average Bonchev–Trinajstić information content (AvgIpc) is 3.01. The molecule has 0 radical (unpaired) electrons. The van der Waals surface area contributed by atoms with Crippen LogP contribution in [-0.4, -0.2) is 54.4 Å². The van der Waals surface area contributed by atoms with E-state index in [9.17, 15) is 13.2 Å². The maximum atomic E-state index is 12.9. The minimum atomic E-state index is -3.86. The Kier molecular flexibility index (Phi) is 5.17. The van der Waals surface area contributed by atoms with Crippen LogP contribution in [0, 0.1) is 0 Å². The molecule has 134 valence electrons. The molecule has 0 aliphatic carbocycles. The lowest BCUT2D eigenvalue weighted by Gasteiger charge is -2.26. The molecular formula is C15H15Cl2N3O4S. The summed E-state index contributed by atoms with van der Waals surface area (Å²) in [5.74, 6) is -0.327. The van der Waals surface area contributed by atoms with Crippen LogP contribution in [-0.2, 0) is 21.8 Å². The Morgan fingerprint density at radius 1 is 1.20 bits per heavy atom. The van der Waals surface area contributed by atoms with Crippen molar-refractivity contribution in [2.75, 3.05) is 26.3 Å². The van der Waals surface area contributed by atoms with E-state index in [2.05, 4.69) is 4.98 Å². The molecule has 1 aliphatic heterocycles. The van der Waals surface area contributed by atoms with Gasteiger partial charge in [0, 0.05) is 38.1 Å². The van der Waals surface area contributed by atoms with E-state index in [1.807, 2.05) is 0 Å². The fraction of sp³-hybridized carbons (Fsp3) is 0.333. The van der Waals surface area contributed by atoms with Crippen LogP contribution in [0.2, 0.25) is 10.0 Å². The van der Waals surface area contributed by atoms with Crippen LogP contribution in [0.25, 0.3) is 0 Å². The summed E-state index contributed by atoms with van der Waals surface area (Å²) in [4.78, 5) is 16.5. The highest BCUT2D eigenvalue weighted by Gasteiger charge is 2.30. The maximum Gasteiger partial charge on any atom is 0.244 e. The van der Waals surface area contributed by atoms with Crippen molar-refractivity contribution in [3.05, 3.63) is 46.0 Å². The van der Waals surface area contributed by atoms with Gasteiger partial charge >= 0.3 is 0 Å². The molecule has 7 nitrogen and oxygen atoms in total. The van der Waals surface area contributed by atoms with Crippen molar-refractivity contribution < 1.29 is 17.9 Å². The highest BCUT2D eigenvalue weighted by molar-refractivity contribution is 7.89. The number of aromatic nitrogens is 2. The molecule has 1 fully saturated rings. The molecule has 1 aliphatic rings. The van der Waals surface area contributed by atoms with E-state index < -0.39 is 15.8 Å². The van der Waals surface area contributed by atoms with Crippen LogP contribution in [0.1, 0.15) is 16.2 Å². The third-order valence-electron chi connectivity index (χ3n) is 3.88. The first-order valence-corrected chi connectivity index (χ1v) is 9.61. The number of aryl methyl sites for hydroxylation is 1. The quantitative estimate of drug-likeness (QED) is 0.728. The highest BCUT2D eigenvalue weighted by atomic mass is 35.5. The van der Waals surface area contributed by atoms with E-state index in [0.717, 1.165) is 0 Å². The monoisotopic (exact) mass is 403 g/mol. The highest BCUT2D eigenvalue weighted by Crippen LogP contribution is 2.32. The largest absolute Gasteiger partial charge is 0.379 e. The van der Waals surface area contributed by atoms with Gasteiger partial charge in [0.05, 0.1) is 23.3 Å². The molecule has 2 heterocycles. The van der Waals surface area contributed by atoms with Gasteiger partial charge in [-0.15, -0.1) is 0 Å². The number of rotatable bonds is 4. The van der Waals surface area contributed by atoms with Gasteiger partial charge in [-0.3, -0.25) is 4.79 Å². The number of ketones is 1. The van der Waals surface area contributed by atoms with E-state index in [1.54, 1.807) is 13.2 Å². The summed E-state index contributed by atoms with van der Waals surface area (Å²) in [6, 6.07) is 2.49. The molecule has 1 saturated heterocycles. The van der Waals surface area contributed by atoms with Crippen molar-refractivity contribution in [3.8, 4) is 0 Å². The molecule has 3 rings (SSSR count). The van der Waals surface area contributed by atoms with Crippen molar-refractivity contribution in [2.45, 2.75) is 4.90 Å². The van der Waals surface area contributed by atoms with Gasteiger partial charge in [0.15, 0.2) is 5.82 Å². The van der Waals surface area contributed by atoms with Gasteiger partial charge in [-0.05, 0) is 12.1 Å². The number of hydrogen-bond donors (Lipinski definition) is 0. The number of ether oxygens (including phenoxy) is 1. The fourth-order valence-electron chi connectivity index (χ4n) is 2.53. The van der Waals surface area contributed by atoms with Gasteiger partial charge < -0.3 is 9.30 Å². The second kappa shape index (κ2) is 7.05. The van der Waals surface area contributed by atoms with Gasteiger partial charge in [0.25, 0.3) is 0 Å². The molecule has 0 N–H and O–H groups in total. The van der Waals surface area contributed by atoms with E-state index >= 15 is 0 Å². The smallest absolute Gasteiger partial charge is 0.244 e. The first-order chi connectivity index (χ1) is 11.8. The summed E-state index contributed by atoms with van der Waals surface area (Å²) in [5.41, 5.74) is 0.0344. The molecule has 0 atom stereocenters. The van der Waals surface area contributed by atoms with E-state index in [1.165, 1.54) is 27.2 Å². The van der Waals surface area contributed by atoms with E-state index in [4.69, 9.17) is 27.9 Å². The van der Waals surface area contributed by atoms with Crippen LogP contribution in [0.5, 0.6) is 0 Å². The number of hydrogen-bond acceptors (Lipinski definition) is 5. The Hall–Kier alpha value is -1.45. The first kappa shape index (κ1) is 18.3. The zero-order chi connectivity index (χ0) is 18.2. The van der Waals surface area contributed by atoms with Crippen molar-refractivity contribution >= 4 is 39.0 Å². The Bertz CT molecular complexity index is 921. The van der Waals surface area contributed by atoms with Crippen LogP contribution >= 0.6 is 23.2 Å². The summed E-state index contributed by atoms with van der Waals surface area (Å²) < 4.78 is 33.7. The summed E-state index contributed by atoms with van der Waals surface area (Å²) in [5, 5.41) is 0.0341. The van der Waals surface area contributed by atoms with Gasteiger partial charge in [0.1, 0.15) is 4.90 Å². The van der Waals surface area contributed by atoms with E-state index in [0.29, 0.717) is 13.2 Å². The number of imidazole rings is 1. The predicted molar refractivity (Wildman–Crippen MR) is 92.7 cm³/mol. The lowest BCUT2D eigenvalue weighted by atomic mass is 10.1. The minimum Gasteiger partial charge on any atom is -0.379 e. The zero-order valence-corrected chi connectivity index (χ0v) is 15.6. The predicted octanol–water partition coefficient (Wildman–Crippen LogP) is 1.98. The molecule has 0 unspecified atom stereocenters. The SMILES string of the molecule is Cn1ccnc1C(=O)c1cc(S(=O)(=O)N2CCOCC2)c(Cl)cc1Cl. The Labute approximate surface area is 155 Å². The maximum absolute atomic E-state index is 12.9. The van der Waals surface area contributed by atoms with E-state index in [-0.39, 0.29) is 39.4 Å². The number of morpholine rings is 1. The molecule has 0 spiro atoms. The van der Waals surface area contributed by atoms with Gasteiger partial charge in [0.2, 0.25) is 15.8 Å². The number of sulfonamides is 1. The molecule has 0 amide bonds. The minimum absolute atomic E-state index is 0.0344. The molecule has 1 aromatic carbocycles. The molecule has 2 aromatic rings. The second-order valence-corrected chi connectivity index (χ2v) is 8.19. The topological polar surface area (TPSA) is 81.5 Å². The number of nitrogens with zero attached hydrogens (tertiary/aromatic N) is 3. The average molecular weight is 404 g/mol. The standard InChI is InChI=1S/C15H15Cl2N3O4S/c1-19-3-2-18-15(19)14(21)10-8-13(12(17)9-11(10)16)25(22,23)20-4-6-24-7-5-20/h2-3,8-9H,4-7H2,1H3. The number of halogens is 2. The third-order valence-corrected chi connectivity index (χ3v) is 6.55. The van der Waals surface area contributed by atoms with Crippen LogP contribution in [0.3, 0.4) is 0 Å². The first-order valence-electron chi connectivity index (χ1n) is 7.41. The Morgan fingerprint density at radius 3 is 2.48 bits per heavy atom. The van der Waals surface area contributed by atoms with Gasteiger partial charge in [-0.25, -0.2) is 13.4 Å². The number of carbonyl (C=O) groups excluding carboxylic acids is 1. The van der Waals surface area contributed by atoms with Crippen molar-refractivity contribution in [2.24, 2.45) is 7.05 Å². The normalized spacial score (nSPS) is 16.1. The van der Waals surface area contributed by atoms with Crippen LogP contribution in [0.15, 0.2) is 29.4 Å². The lowest BCUT2D eigenvalue weighted by Crippen LogP contribution is -2.40. The second-order valence-electron chi connectivity index (χ2n) is 5.47. The molecule has 10 heteroatoms. The number of carbonyl (C=O) groups is 1. The third kappa shape index (κ3) is 3.45. The zero-order valence-electron chi connectivity index (χ0n) is 13.3. The summed E-state index contributed by atoms with van der Waals surface area (Å²) in [7, 11) is -2.20. The molecule has 0 bridgehead atoms. The van der Waals surface area contributed by atoms with Gasteiger partial charge in [-0.2, -0.15) is 4.31 Å². The fourth-order valence-corrected chi connectivity index (χ4v) is 4.77. The van der Waals surface area contributed by atoms with Crippen LogP contribution < -0.4 is 0 Å². The van der Waals surface area contributed by atoms with Gasteiger partial charge in [-0.1, -0.05) is 23.2 Å². The molecule has 25 heavy (non-hydrogen) atoms. The van der Waals surface area contributed by atoms with Crippen molar-refractivity contribution in [1.29, 1.82) is 0 Å². The summed E-state index contributed by atoms with van der Waals surface area (Å²) in [6.07, 6.45) is 3.09. The van der Waals surface area contributed by atoms with Crippen molar-refractivity contribution in [3.63, 3.8) is 0 Å². The number of benzene rings is 1. The molecule has 0 saturated carbocycles. The Balaban J connectivity index is 2.07. The Morgan fingerprint density at radius 2 is 1.88 bits per heavy atom. The van der Waals surface area contributed by atoms with Crippen molar-refractivity contribution in [1.82, 2.24) is 13.9 Å². The van der Waals surface area contributed by atoms with Crippen LogP contribution in [0.4, 0.5) is 0 Å².